The molecule has 2 N–H and O–H groups in total. The number of nitrogens with one attached hydrogen (secondary N) is 2. The number of carbonyl (C=O) groups excluding carboxylic acids is 1. The summed E-state index contributed by atoms with van der Waals surface area (Å²) in [5.74, 6) is 0.0431. The minimum Gasteiger partial charge on any atom is -0.374 e. The predicted molar refractivity (Wildman–Crippen MR) is 84.5 cm³/mol. The van der Waals surface area contributed by atoms with E-state index in [0.717, 1.165) is 28.6 Å². The second-order valence-electron chi connectivity index (χ2n) is 5.03. The molecule has 106 valence electrons. The molecule has 4 heteroatoms. The van der Waals surface area contributed by atoms with Gasteiger partial charge in [0, 0.05) is 16.2 Å². The number of anilines is 1. The van der Waals surface area contributed by atoms with E-state index in [-0.39, 0.29) is 18.0 Å². The second-order valence-corrected chi connectivity index (χ2v) is 5.88. The number of halogens is 1. The standard InChI is InChI=1S/C15H23BrN2O/c1-5-6-11(3)17-15(19)12(4)18-13-7-8-14(16)10(2)9-13/h7-9,11-12,18H,5-6H2,1-4H3,(H,17,19). The lowest BCUT2D eigenvalue weighted by Crippen LogP contribution is -2.42. The number of rotatable bonds is 6. The smallest absolute Gasteiger partial charge is 0.242 e. The van der Waals surface area contributed by atoms with Gasteiger partial charge in [0.05, 0.1) is 0 Å². The Morgan fingerprint density at radius 3 is 2.63 bits per heavy atom. The highest BCUT2D eigenvalue weighted by molar-refractivity contribution is 9.10. The summed E-state index contributed by atoms with van der Waals surface area (Å²) in [5.41, 5.74) is 2.11. The van der Waals surface area contributed by atoms with Crippen molar-refractivity contribution in [2.75, 3.05) is 5.32 Å². The number of hydrogen-bond donors (Lipinski definition) is 2. The summed E-state index contributed by atoms with van der Waals surface area (Å²) in [4.78, 5) is 12.0. The fourth-order valence-electron chi connectivity index (χ4n) is 1.92. The number of hydrogen-bond acceptors (Lipinski definition) is 2. The summed E-state index contributed by atoms with van der Waals surface area (Å²) in [7, 11) is 0. The zero-order chi connectivity index (χ0) is 14.4. The molecule has 0 aromatic heterocycles. The summed E-state index contributed by atoms with van der Waals surface area (Å²) in [6.07, 6.45) is 2.09. The maximum Gasteiger partial charge on any atom is 0.242 e. The topological polar surface area (TPSA) is 41.1 Å². The summed E-state index contributed by atoms with van der Waals surface area (Å²) in [6, 6.07) is 5.98. The predicted octanol–water partition coefficient (Wildman–Crippen LogP) is 3.86. The third-order valence-corrected chi connectivity index (χ3v) is 3.93. The van der Waals surface area contributed by atoms with E-state index in [1.165, 1.54) is 0 Å². The molecule has 0 fully saturated rings. The number of aryl methyl sites for hydroxylation is 1. The van der Waals surface area contributed by atoms with Crippen LogP contribution in [0.1, 0.15) is 39.2 Å². The molecule has 0 bridgehead atoms. The Kier molecular flexibility index (Phi) is 6.35. The van der Waals surface area contributed by atoms with E-state index in [1.807, 2.05) is 39.0 Å². The highest BCUT2D eigenvalue weighted by Gasteiger charge is 2.14. The molecule has 3 nitrogen and oxygen atoms in total. The van der Waals surface area contributed by atoms with Crippen LogP contribution in [0.25, 0.3) is 0 Å². The number of carbonyl (C=O) groups is 1. The molecule has 0 aliphatic heterocycles. The Labute approximate surface area is 124 Å². The first-order valence-electron chi connectivity index (χ1n) is 6.77. The van der Waals surface area contributed by atoms with Gasteiger partial charge in [0.1, 0.15) is 6.04 Å². The van der Waals surface area contributed by atoms with Crippen molar-refractivity contribution in [1.29, 1.82) is 0 Å². The van der Waals surface area contributed by atoms with Gasteiger partial charge < -0.3 is 10.6 Å². The van der Waals surface area contributed by atoms with E-state index in [9.17, 15) is 4.79 Å². The van der Waals surface area contributed by atoms with Crippen molar-refractivity contribution in [3.63, 3.8) is 0 Å². The van der Waals surface area contributed by atoms with Crippen molar-refractivity contribution in [1.82, 2.24) is 5.32 Å². The van der Waals surface area contributed by atoms with Crippen LogP contribution in [0.3, 0.4) is 0 Å². The minimum absolute atomic E-state index is 0.0431. The Bertz CT molecular complexity index is 434. The third-order valence-electron chi connectivity index (χ3n) is 3.04. The zero-order valence-electron chi connectivity index (χ0n) is 12.1. The van der Waals surface area contributed by atoms with Gasteiger partial charge in [0.2, 0.25) is 5.91 Å². The molecule has 2 unspecified atom stereocenters. The van der Waals surface area contributed by atoms with Gasteiger partial charge in [-0.1, -0.05) is 29.3 Å². The van der Waals surface area contributed by atoms with Gasteiger partial charge in [-0.25, -0.2) is 0 Å². The molecule has 0 aliphatic rings. The Balaban J connectivity index is 2.56. The van der Waals surface area contributed by atoms with Gasteiger partial charge in [0.15, 0.2) is 0 Å². The molecule has 0 saturated heterocycles. The highest BCUT2D eigenvalue weighted by atomic mass is 79.9. The van der Waals surface area contributed by atoms with Crippen molar-refractivity contribution in [2.45, 2.75) is 52.6 Å². The summed E-state index contributed by atoms with van der Waals surface area (Å²) in [5, 5.41) is 6.24. The molecule has 1 aromatic carbocycles. The number of benzene rings is 1. The molecule has 2 atom stereocenters. The SMILES string of the molecule is CCCC(C)NC(=O)C(C)Nc1ccc(Br)c(C)c1. The van der Waals surface area contributed by atoms with Crippen LogP contribution in [-0.2, 0) is 4.79 Å². The van der Waals surface area contributed by atoms with Gasteiger partial charge in [0.25, 0.3) is 0 Å². The molecular formula is C15H23BrN2O. The van der Waals surface area contributed by atoms with Crippen molar-refractivity contribution >= 4 is 27.5 Å². The van der Waals surface area contributed by atoms with Crippen molar-refractivity contribution in [3.8, 4) is 0 Å². The molecule has 0 spiro atoms. The van der Waals surface area contributed by atoms with Crippen LogP contribution in [-0.4, -0.2) is 18.0 Å². The fourth-order valence-corrected chi connectivity index (χ4v) is 2.17. The van der Waals surface area contributed by atoms with Crippen LogP contribution >= 0.6 is 15.9 Å². The van der Waals surface area contributed by atoms with E-state index in [1.54, 1.807) is 0 Å². The van der Waals surface area contributed by atoms with E-state index < -0.39 is 0 Å². The lowest BCUT2D eigenvalue weighted by molar-refractivity contribution is -0.122. The van der Waals surface area contributed by atoms with E-state index >= 15 is 0 Å². The molecular weight excluding hydrogens is 304 g/mol. The minimum atomic E-state index is -0.236. The maximum atomic E-state index is 12.0. The lowest BCUT2D eigenvalue weighted by Gasteiger charge is -2.19. The van der Waals surface area contributed by atoms with Gasteiger partial charge in [-0.3, -0.25) is 4.79 Å². The van der Waals surface area contributed by atoms with Crippen molar-refractivity contribution < 1.29 is 4.79 Å². The fraction of sp³-hybridized carbons (Fsp3) is 0.533. The zero-order valence-corrected chi connectivity index (χ0v) is 13.7. The summed E-state index contributed by atoms with van der Waals surface area (Å²) in [6.45, 7) is 8.07. The van der Waals surface area contributed by atoms with Gasteiger partial charge in [-0.15, -0.1) is 0 Å². The first-order chi connectivity index (χ1) is 8.93. The largest absolute Gasteiger partial charge is 0.374 e. The normalized spacial score (nSPS) is 13.7. The molecule has 0 radical (unpaired) electrons. The molecule has 1 aromatic rings. The van der Waals surface area contributed by atoms with Crippen LogP contribution in [0.15, 0.2) is 22.7 Å². The molecule has 1 rings (SSSR count). The van der Waals surface area contributed by atoms with Crippen LogP contribution in [0, 0.1) is 6.92 Å². The summed E-state index contributed by atoms with van der Waals surface area (Å²) < 4.78 is 1.08. The Hall–Kier alpha value is -1.03. The average Bonchev–Trinajstić information content (AvgIpc) is 2.34. The quantitative estimate of drug-likeness (QED) is 0.833. The van der Waals surface area contributed by atoms with Gasteiger partial charge in [-0.2, -0.15) is 0 Å². The molecule has 1 amide bonds. The first-order valence-corrected chi connectivity index (χ1v) is 7.56. The van der Waals surface area contributed by atoms with Crippen molar-refractivity contribution in [2.24, 2.45) is 0 Å². The van der Waals surface area contributed by atoms with Crippen LogP contribution in [0.5, 0.6) is 0 Å². The highest BCUT2D eigenvalue weighted by Crippen LogP contribution is 2.20. The second kappa shape index (κ2) is 7.53. The Morgan fingerprint density at radius 2 is 2.05 bits per heavy atom. The van der Waals surface area contributed by atoms with E-state index in [4.69, 9.17) is 0 Å². The van der Waals surface area contributed by atoms with Crippen LogP contribution < -0.4 is 10.6 Å². The molecule has 0 saturated carbocycles. The monoisotopic (exact) mass is 326 g/mol. The lowest BCUT2D eigenvalue weighted by atomic mass is 10.1. The van der Waals surface area contributed by atoms with Crippen LogP contribution in [0.2, 0.25) is 0 Å². The first kappa shape index (κ1) is 16.0. The Morgan fingerprint density at radius 1 is 1.37 bits per heavy atom. The van der Waals surface area contributed by atoms with E-state index in [2.05, 4.69) is 33.5 Å². The summed E-state index contributed by atoms with van der Waals surface area (Å²) >= 11 is 3.47. The van der Waals surface area contributed by atoms with Crippen molar-refractivity contribution in [3.05, 3.63) is 28.2 Å². The molecule has 0 aliphatic carbocycles. The maximum absolute atomic E-state index is 12.0. The average molecular weight is 327 g/mol. The van der Waals surface area contributed by atoms with Crippen LogP contribution in [0.4, 0.5) is 5.69 Å². The molecule has 19 heavy (non-hydrogen) atoms. The van der Waals surface area contributed by atoms with Gasteiger partial charge in [-0.05, 0) is 51.0 Å². The van der Waals surface area contributed by atoms with E-state index in [0.29, 0.717) is 0 Å². The third kappa shape index (κ3) is 5.23. The molecule has 0 heterocycles. The number of amides is 1. The van der Waals surface area contributed by atoms with Gasteiger partial charge >= 0.3 is 0 Å².